The molecule has 7 aromatic rings. The number of carboxylic acid groups (broad SMARTS) is 1. The number of hydrogen-bond donors (Lipinski definition) is 4. The van der Waals surface area contributed by atoms with E-state index >= 15 is 0 Å². The zero-order valence-electron chi connectivity index (χ0n) is 37.6. The van der Waals surface area contributed by atoms with Gasteiger partial charge in [0.1, 0.15) is 11.6 Å². The number of para-hydroxylation sites is 2. The Morgan fingerprint density at radius 1 is 0.897 bits per heavy atom. The van der Waals surface area contributed by atoms with Crippen molar-refractivity contribution in [1.82, 2.24) is 30.0 Å². The van der Waals surface area contributed by atoms with Gasteiger partial charge in [-0.1, -0.05) is 59.9 Å². The molecule has 4 aromatic carbocycles. The molecule has 4 amide bonds. The van der Waals surface area contributed by atoms with Crippen molar-refractivity contribution in [2.75, 3.05) is 48.3 Å². The van der Waals surface area contributed by atoms with Crippen molar-refractivity contribution in [2.24, 2.45) is 13.0 Å². The Balaban J connectivity index is 0.755. The van der Waals surface area contributed by atoms with Gasteiger partial charge >= 0.3 is 5.97 Å². The Hall–Kier alpha value is -7.50. The van der Waals surface area contributed by atoms with Crippen LogP contribution in [0.25, 0.3) is 32.2 Å². The van der Waals surface area contributed by atoms with Crippen molar-refractivity contribution in [2.45, 2.75) is 51.5 Å². The molecule has 2 atom stereocenters. The maximum atomic E-state index is 13.6. The minimum atomic E-state index is -1.15. The van der Waals surface area contributed by atoms with E-state index in [1.54, 1.807) is 17.8 Å². The highest BCUT2D eigenvalue weighted by atomic mass is 32.1. The van der Waals surface area contributed by atoms with Gasteiger partial charge in [0.05, 0.1) is 46.2 Å². The number of aryl methyl sites for hydroxylation is 1. The van der Waals surface area contributed by atoms with E-state index in [0.717, 1.165) is 58.2 Å². The van der Waals surface area contributed by atoms with Crippen molar-refractivity contribution in [3.05, 3.63) is 125 Å². The molecule has 1 unspecified atom stereocenters. The van der Waals surface area contributed by atoms with E-state index in [2.05, 4.69) is 30.9 Å². The molecule has 3 aliphatic rings. The Bertz CT molecular complexity index is 3130. The number of carbonyl (C=O) groups is 5. The number of rotatable bonds is 13. The third-order valence-corrected chi connectivity index (χ3v) is 14.2. The number of fused-ring (bicyclic) bond motifs is 3. The molecular weight excluding hydrogens is 883 g/mol. The van der Waals surface area contributed by atoms with Crippen LogP contribution in [0.15, 0.2) is 91.0 Å². The van der Waals surface area contributed by atoms with Crippen molar-refractivity contribution >= 4 is 78.7 Å². The van der Waals surface area contributed by atoms with Gasteiger partial charge < -0.3 is 20.1 Å². The van der Waals surface area contributed by atoms with Crippen LogP contribution in [0.1, 0.15) is 74.8 Å². The van der Waals surface area contributed by atoms with E-state index in [4.69, 9.17) is 9.72 Å². The molecule has 10 rings (SSSR count). The van der Waals surface area contributed by atoms with Gasteiger partial charge in [0, 0.05) is 49.6 Å². The third-order valence-electron chi connectivity index (χ3n) is 13.3. The van der Waals surface area contributed by atoms with Crippen LogP contribution in [0.4, 0.5) is 16.6 Å². The average Bonchev–Trinajstić information content (AvgIpc) is 4.05. The summed E-state index contributed by atoms with van der Waals surface area (Å²) in [5, 5.41) is 24.9. The lowest BCUT2D eigenvalue weighted by atomic mass is 9.92. The fraction of sp³-hybridized carbons (Fsp3) is 0.294. The van der Waals surface area contributed by atoms with Gasteiger partial charge in [-0.25, -0.2) is 14.8 Å². The summed E-state index contributed by atoms with van der Waals surface area (Å²) in [6.45, 7) is 5.10. The molecule has 0 spiro atoms. The normalized spacial score (nSPS) is 17.3. The third kappa shape index (κ3) is 8.89. The largest absolute Gasteiger partial charge is 0.493 e. The molecule has 0 bridgehead atoms. The maximum absolute atomic E-state index is 13.6. The average molecular weight is 932 g/mol. The van der Waals surface area contributed by atoms with Gasteiger partial charge in [-0.05, 0) is 110 Å². The number of carboxylic acids is 1. The number of amides is 4. The van der Waals surface area contributed by atoms with Crippen molar-refractivity contribution in [1.29, 1.82) is 0 Å². The molecule has 2 fully saturated rings. The summed E-state index contributed by atoms with van der Waals surface area (Å²) in [5.74, 6) is -1.22. The fourth-order valence-corrected chi connectivity index (χ4v) is 10.7. The zero-order chi connectivity index (χ0) is 47.1. The quantitative estimate of drug-likeness (QED) is 0.0842. The van der Waals surface area contributed by atoms with Crippen LogP contribution in [-0.2, 0) is 34.4 Å². The number of hydrogen-bond acceptors (Lipinski definition) is 12. The van der Waals surface area contributed by atoms with Gasteiger partial charge in [0.2, 0.25) is 17.7 Å². The number of nitrogens with one attached hydrogen (secondary N) is 3. The van der Waals surface area contributed by atoms with E-state index in [1.807, 2.05) is 96.8 Å². The summed E-state index contributed by atoms with van der Waals surface area (Å²) >= 11 is 1.42. The highest BCUT2D eigenvalue weighted by Crippen LogP contribution is 2.36. The number of pyridine rings is 1. The SMILES string of the molecule is Cc1c(OCC[C@@H]2CCN(CC(=O)Nc3cccc4c(C5CCC(=O)NC5=O)nn(C)c34)C2)cccc1-c1ccc(N2CCc3cccc(C(=O)Nc4nc5ccccc5s4)c3C2)nc1C(=O)O. The molecular formula is C51H49N9O7S. The van der Waals surface area contributed by atoms with E-state index in [1.165, 1.54) is 11.3 Å². The van der Waals surface area contributed by atoms with Crippen molar-refractivity contribution in [3.8, 4) is 16.9 Å². The van der Waals surface area contributed by atoms with Crippen LogP contribution >= 0.6 is 11.3 Å². The van der Waals surface area contributed by atoms with Crippen LogP contribution in [0.3, 0.4) is 0 Å². The van der Waals surface area contributed by atoms with Gasteiger partial charge in [0.15, 0.2) is 10.8 Å². The number of aromatic carboxylic acids is 1. The first-order valence-corrected chi connectivity index (χ1v) is 23.6. The van der Waals surface area contributed by atoms with E-state index < -0.39 is 11.9 Å². The monoisotopic (exact) mass is 931 g/mol. The summed E-state index contributed by atoms with van der Waals surface area (Å²) in [6.07, 6.45) is 3.00. The van der Waals surface area contributed by atoms with Crippen LogP contribution in [0.5, 0.6) is 5.75 Å². The minimum Gasteiger partial charge on any atom is -0.493 e. The number of imide groups is 1. The number of thiazole rings is 1. The number of carbonyl (C=O) groups excluding carboxylic acids is 4. The second kappa shape index (κ2) is 18.6. The van der Waals surface area contributed by atoms with Crippen LogP contribution in [0, 0.1) is 12.8 Å². The van der Waals surface area contributed by atoms with E-state index in [-0.39, 0.29) is 42.3 Å². The Morgan fingerprint density at radius 2 is 1.74 bits per heavy atom. The second-order valence-corrected chi connectivity index (χ2v) is 18.7. The number of anilines is 3. The molecule has 3 aliphatic heterocycles. The summed E-state index contributed by atoms with van der Waals surface area (Å²) in [4.78, 5) is 77.6. The topological polar surface area (TPSA) is 201 Å². The lowest BCUT2D eigenvalue weighted by Gasteiger charge is -2.31. The number of ether oxygens (including phenoxy) is 1. The van der Waals surface area contributed by atoms with Crippen LogP contribution in [-0.4, -0.2) is 92.1 Å². The molecule has 2 saturated heterocycles. The summed E-state index contributed by atoms with van der Waals surface area (Å²) in [7, 11) is 1.78. The number of likely N-dealkylation sites (tertiary alicyclic amines) is 1. The molecule has 4 N–H and O–H groups in total. The Morgan fingerprint density at radius 3 is 2.57 bits per heavy atom. The predicted octanol–water partition coefficient (Wildman–Crippen LogP) is 7.32. The Labute approximate surface area is 395 Å². The molecule has 16 nitrogen and oxygen atoms in total. The molecule has 0 saturated carbocycles. The first kappa shape index (κ1) is 44.3. The smallest absolute Gasteiger partial charge is 0.355 e. The number of piperidine rings is 1. The standard InChI is InChI=1S/C51H49N9O7S/c1-29-32(33-16-18-42(54-46(33)50(65)66)60-24-21-31-8-5-10-34(37(31)27-60)48(63)56-51-53-38-12-3-4-15-41(38)68-51)9-7-14-40(29)67-25-22-30-20-23-59(26-30)28-44(62)52-39-13-6-11-35-45(57-58(2)47(35)39)36-17-19-43(61)55-49(36)64/h3-16,18,30,36H,17,19-28H2,1-2H3,(H,52,62)(H,65,66)(H,53,56,63)(H,55,61,64)/t30-,36?/m0/s1. The number of aromatic nitrogens is 4. The minimum absolute atomic E-state index is 0.0699. The lowest BCUT2D eigenvalue weighted by Crippen LogP contribution is -2.39. The second-order valence-electron chi connectivity index (χ2n) is 17.6. The van der Waals surface area contributed by atoms with Crippen LogP contribution < -0.4 is 25.6 Å². The summed E-state index contributed by atoms with van der Waals surface area (Å²) < 4.78 is 9.00. The maximum Gasteiger partial charge on any atom is 0.355 e. The van der Waals surface area contributed by atoms with E-state index in [0.29, 0.717) is 88.7 Å². The zero-order valence-corrected chi connectivity index (χ0v) is 38.4. The predicted molar refractivity (Wildman–Crippen MR) is 259 cm³/mol. The van der Waals surface area contributed by atoms with Gasteiger partial charge in [0.25, 0.3) is 5.91 Å². The van der Waals surface area contributed by atoms with Crippen LogP contribution in [0.2, 0.25) is 0 Å². The molecule has 346 valence electrons. The number of benzene rings is 4. The van der Waals surface area contributed by atoms with Gasteiger partial charge in [-0.15, -0.1) is 0 Å². The Kier molecular flexibility index (Phi) is 12.2. The molecule has 3 aromatic heterocycles. The highest BCUT2D eigenvalue weighted by molar-refractivity contribution is 7.22. The number of nitrogens with zero attached hydrogens (tertiary/aromatic N) is 6. The van der Waals surface area contributed by atoms with Gasteiger partial charge in [-0.2, -0.15) is 5.10 Å². The summed E-state index contributed by atoms with van der Waals surface area (Å²) in [6, 6.07) is 28.3. The molecule has 0 radical (unpaired) electrons. The molecule has 17 heteroatoms. The first-order chi connectivity index (χ1) is 33.0. The van der Waals surface area contributed by atoms with Crippen molar-refractivity contribution in [3.63, 3.8) is 0 Å². The molecule has 68 heavy (non-hydrogen) atoms. The van der Waals surface area contributed by atoms with Crippen molar-refractivity contribution < 1.29 is 33.8 Å². The first-order valence-electron chi connectivity index (χ1n) is 22.8. The van der Waals surface area contributed by atoms with Gasteiger partial charge in [-0.3, -0.25) is 39.4 Å². The highest BCUT2D eigenvalue weighted by Gasteiger charge is 2.33. The molecule has 0 aliphatic carbocycles. The lowest BCUT2D eigenvalue weighted by molar-refractivity contribution is -0.134. The fourth-order valence-electron chi connectivity index (χ4n) is 9.84. The van der Waals surface area contributed by atoms with E-state index in [9.17, 15) is 29.1 Å². The molecule has 6 heterocycles. The summed E-state index contributed by atoms with van der Waals surface area (Å²) in [5.41, 5.74) is 7.15.